The molecule has 0 aliphatic heterocycles. The summed E-state index contributed by atoms with van der Waals surface area (Å²) in [4.78, 5) is 72.5. The minimum atomic E-state index is -4.95. The minimum Gasteiger partial charge on any atom is -0.462 e. The summed E-state index contributed by atoms with van der Waals surface area (Å²) in [5.74, 6) is -1.40. The van der Waals surface area contributed by atoms with Crippen molar-refractivity contribution in [3.05, 3.63) is 0 Å². The number of rotatable bonds is 71. The van der Waals surface area contributed by atoms with E-state index < -0.39 is 97.5 Å². The van der Waals surface area contributed by atoms with E-state index in [0.29, 0.717) is 25.7 Å². The van der Waals surface area contributed by atoms with Gasteiger partial charge in [0.2, 0.25) is 0 Å². The van der Waals surface area contributed by atoms with Crippen molar-refractivity contribution in [2.24, 2.45) is 5.92 Å². The van der Waals surface area contributed by atoms with E-state index in [-0.39, 0.29) is 25.7 Å². The van der Waals surface area contributed by atoms with Crippen LogP contribution in [-0.2, 0) is 65.4 Å². The summed E-state index contributed by atoms with van der Waals surface area (Å²) in [6.07, 6.45) is 51.4. The molecule has 0 fully saturated rings. The second-order valence-electron chi connectivity index (χ2n) is 25.9. The van der Waals surface area contributed by atoms with Crippen LogP contribution in [0.3, 0.4) is 0 Å². The lowest BCUT2D eigenvalue weighted by Crippen LogP contribution is -2.30. The fraction of sp³-hybridized carbons (Fsp3) is 0.944. The monoisotopic (exact) mass is 1320 g/mol. The number of aliphatic hydroxyl groups is 1. The maximum atomic E-state index is 13.0. The molecule has 0 saturated heterocycles. The number of esters is 4. The number of phosphoric acid groups is 2. The summed E-state index contributed by atoms with van der Waals surface area (Å²) in [7, 11) is -9.90. The van der Waals surface area contributed by atoms with Crippen molar-refractivity contribution in [3.8, 4) is 0 Å². The van der Waals surface area contributed by atoms with E-state index in [1.807, 2.05) is 0 Å². The third kappa shape index (κ3) is 63.5. The van der Waals surface area contributed by atoms with Gasteiger partial charge in [0, 0.05) is 25.7 Å². The standard InChI is InChI=1S/C71H138O17P2/c1-6-10-13-16-19-22-24-26-27-28-29-30-31-32-34-37-40-46-51-56-70(75)87-66(60-82-69(74)55-50-45-39-36-33-25-23-20-17-14-11-7-2)62-85-89(77,78)83-58-65(72)59-84-90(79,80)86-63-67(61-81-68(73)54-49-44-38-35-21-18-15-12-8-3)88-71(76)57-52-47-42-41-43-48-53-64(5)9-4/h64-67,72H,6-63H2,1-5H3,(H,77,78)(H,79,80)/t64?,65-,66-,67-/m1/s1. The second kappa shape index (κ2) is 64.4. The summed E-state index contributed by atoms with van der Waals surface area (Å²) >= 11 is 0. The molecule has 534 valence electrons. The maximum Gasteiger partial charge on any atom is 0.472 e. The van der Waals surface area contributed by atoms with Crippen LogP contribution in [-0.4, -0.2) is 96.7 Å². The van der Waals surface area contributed by atoms with Crippen LogP contribution >= 0.6 is 15.6 Å². The van der Waals surface area contributed by atoms with E-state index in [1.54, 1.807) is 0 Å². The van der Waals surface area contributed by atoms with Crippen molar-refractivity contribution in [1.82, 2.24) is 0 Å². The lowest BCUT2D eigenvalue weighted by molar-refractivity contribution is -0.161. The molecular formula is C71H138O17P2. The van der Waals surface area contributed by atoms with Crippen LogP contribution in [0.1, 0.15) is 369 Å². The van der Waals surface area contributed by atoms with Gasteiger partial charge < -0.3 is 33.8 Å². The second-order valence-corrected chi connectivity index (χ2v) is 28.8. The smallest absolute Gasteiger partial charge is 0.462 e. The fourth-order valence-corrected chi connectivity index (χ4v) is 12.4. The van der Waals surface area contributed by atoms with Gasteiger partial charge in [-0.1, -0.05) is 317 Å². The lowest BCUT2D eigenvalue weighted by Gasteiger charge is -2.21. The molecule has 0 amide bonds. The average molecular weight is 1330 g/mol. The Labute approximate surface area is 549 Å². The number of hydrogen-bond donors (Lipinski definition) is 3. The van der Waals surface area contributed by atoms with Crippen molar-refractivity contribution >= 4 is 39.5 Å². The molecular weight excluding hydrogens is 1190 g/mol. The third-order valence-electron chi connectivity index (χ3n) is 16.9. The highest BCUT2D eigenvalue weighted by Gasteiger charge is 2.30. The molecule has 0 radical (unpaired) electrons. The van der Waals surface area contributed by atoms with Crippen LogP contribution < -0.4 is 0 Å². The van der Waals surface area contributed by atoms with Gasteiger partial charge in [-0.15, -0.1) is 0 Å². The first-order valence-electron chi connectivity index (χ1n) is 37.2. The SMILES string of the molecule is CCCCCCCCCCCCCCCCCCCCCC(=O)O[C@H](COC(=O)CCCCCCCCCCCCCC)COP(=O)(O)OC[C@@H](O)COP(=O)(O)OC[C@@H](COC(=O)CCCCCCCCCCC)OC(=O)CCCCCCCCC(C)CC. The van der Waals surface area contributed by atoms with Crippen molar-refractivity contribution < 1.29 is 80.2 Å². The van der Waals surface area contributed by atoms with E-state index in [0.717, 1.165) is 95.8 Å². The Balaban J connectivity index is 5.19. The summed E-state index contributed by atoms with van der Waals surface area (Å²) in [6, 6.07) is 0. The predicted octanol–water partition coefficient (Wildman–Crippen LogP) is 20.5. The average Bonchev–Trinajstić information content (AvgIpc) is 3.12. The predicted molar refractivity (Wildman–Crippen MR) is 363 cm³/mol. The number of hydrogen-bond acceptors (Lipinski definition) is 15. The Morgan fingerprint density at radius 3 is 0.789 bits per heavy atom. The van der Waals surface area contributed by atoms with E-state index in [9.17, 15) is 43.2 Å². The lowest BCUT2D eigenvalue weighted by atomic mass is 10.00. The fourth-order valence-electron chi connectivity index (χ4n) is 10.8. The van der Waals surface area contributed by atoms with Crippen molar-refractivity contribution in [1.29, 1.82) is 0 Å². The van der Waals surface area contributed by atoms with Crippen LogP contribution in [0.15, 0.2) is 0 Å². The zero-order chi connectivity index (χ0) is 66.3. The van der Waals surface area contributed by atoms with E-state index >= 15 is 0 Å². The Morgan fingerprint density at radius 2 is 0.533 bits per heavy atom. The van der Waals surface area contributed by atoms with Gasteiger partial charge in [0.25, 0.3) is 0 Å². The van der Waals surface area contributed by atoms with Crippen LogP contribution in [0.5, 0.6) is 0 Å². The summed E-state index contributed by atoms with van der Waals surface area (Å²) < 4.78 is 68.2. The molecule has 0 aliphatic carbocycles. The molecule has 17 nitrogen and oxygen atoms in total. The van der Waals surface area contributed by atoms with Gasteiger partial charge in [0.1, 0.15) is 19.3 Å². The molecule has 0 aromatic heterocycles. The first-order chi connectivity index (χ1) is 43.6. The zero-order valence-electron chi connectivity index (χ0n) is 58.3. The third-order valence-corrected chi connectivity index (χ3v) is 18.8. The van der Waals surface area contributed by atoms with Crippen molar-refractivity contribution in [2.75, 3.05) is 39.6 Å². The number of aliphatic hydroxyl groups excluding tert-OH is 1. The van der Waals surface area contributed by atoms with Crippen LogP contribution in [0.2, 0.25) is 0 Å². The van der Waals surface area contributed by atoms with E-state index in [4.69, 9.17) is 37.0 Å². The molecule has 3 unspecified atom stereocenters. The van der Waals surface area contributed by atoms with Gasteiger partial charge in [-0.05, 0) is 31.6 Å². The molecule has 0 saturated carbocycles. The Morgan fingerprint density at radius 1 is 0.311 bits per heavy atom. The summed E-state index contributed by atoms with van der Waals surface area (Å²) in [5.41, 5.74) is 0. The largest absolute Gasteiger partial charge is 0.472 e. The normalized spacial score (nSPS) is 14.4. The molecule has 3 N–H and O–H groups in total. The molecule has 0 rings (SSSR count). The van der Waals surface area contributed by atoms with Gasteiger partial charge in [-0.2, -0.15) is 0 Å². The van der Waals surface area contributed by atoms with Gasteiger partial charge in [0.15, 0.2) is 12.2 Å². The Kier molecular flexibility index (Phi) is 63.0. The molecule has 0 bridgehead atoms. The number of carbonyl (C=O) groups excluding carboxylic acids is 4. The highest BCUT2D eigenvalue weighted by Crippen LogP contribution is 2.45. The highest BCUT2D eigenvalue weighted by molar-refractivity contribution is 7.47. The van der Waals surface area contributed by atoms with Gasteiger partial charge >= 0.3 is 39.5 Å². The molecule has 19 heteroatoms. The van der Waals surface area contributed by atoms with Gasteiger partial charge in [0.05, 0.1) is 26.4 Å². The zero-order valence-corrected chi connectivity index (χ0v) is 60.1. The summed E-state index contributed by atoms with van der Waals surface area (Å²) in [6.45, 7) is 7.19. The number of carbonyl (C=O) groups is 4. The maximum absolute atomic E-state index is 13.0. The number of ether oxygens (including phenoxy) is 4. The molecule has 0 aliphatic rings. The highest BCUT2D eigenvalue weighted by atomic mass is 31.2. The Hall–Kier alpha value is -1.94. The topological polar surface area (TPSA) is 237 Å². The van der Waals surface area contributed by atoms with E-state index in [2.05, 4.69) is 34.6 Å². The number of unbranched alkanes of at least 4 members (excludes halogenated alkanes) is 42. The molecule has 0 heterocycles. The molecule has 6 atom stereocenters. The quantitative estimate of drug-likeness (QED) is 0.0222. The van der Waals surface area contributed by atoms with Crippen molar-refractivity contribution in [2.45, 2.75) is 387 Å². The van der Waals surface area contributed by atoms with Crippen molar-refractivity contribution in [3.63, 3.8) is 0 Å². The first-order valence-corrected chi connectivity index (χ1v) is 40.2. The minimum absolute atomic E-state index is 0.103. The summed E-state index contributed by atoms with van der Waals surface area (Å²) in [5, 5.41) is 10.6. The van der Waals surface area contributed by atoms with Gasteiger partial charge in [-0.3, -0.25) is 37.3 Å². The van der Waals surface area contributed by atoms with Crippen LogP contribution in [0, 0.1) is 5.92 Å². The molecule has 90 heavy (non-hydrogen) atoms. The van der Waals surface area contributed by atoms with E-state index in [1.165, 1.54) is 193 Å². The molecule has 0 aromatic rings. The Bertz CT molecular complexity index is 1740. The van der Waals surface area contributed by atoms with Crippen LogP contribution in [0.4, 0.5) is 0 Å². The first kappa shape index (κ1) is 88.1. The molecule has 0 spiro atoms. The molecule has 0 aromatic carbocycles. The number of phosphoric ester groups is 2. The van der Waals surface area contributed by atoms with Crippen LogP contribution in [0.25, 0.3) is 0 Å². The van der Waals surface area contributed by atoms with Gasteiger partial charge in [-0.25, -0.2) is 9.13 Å².